The Hall–Kier alpha value is -2.82. The summed E-state index contributed by atoms with van der Waals surface area (Å²) in [7, 11) is 0. The Morgan fingerprint density at radius 3 is 2.81 bits per heavy atom. The zero-order valence-electron chi connectivity index (χ0n) is 14.0. The molecule has 1 aliphatic carbocycles. The summed E-state index contributed by atoms with van der Waals surface area (Å²) in [5, 5.41) is 17.3. The maximum Gasteiger partial charge on any atom is 0.231 e. The summed E-state index contributed by atoms with van der Waals surface area (Å²) < 4.78 is 0. The highest BCUT2D eigenvalue weighted by Gasteiger charge is 2.41. The van der Waals surface area contributed by atoms with Crippen molar-refractivity contribution in [1.82, 2.24) is 15.2 Å². The van der Waals surface area contributed by atoms with E-state index in [4.69, 9.17) is 28.9 Å². The largest absolute Gasteiger partial charge is 0.384 e. The second-order valence-electron chi connectivity index (χ2n) is 6.29. The first kappa shape index (κ1) is 17.6. The minimum atomic E-state index is -0.637. The number of anilines is 1. The fourth-order valence-electron chi connectivity index (χ4n) is 3.68. The number of allylic oxidation sites excluding steroid dienone is 3. The Kier molecular flexibility index (Phi) is 4.38. The summed E-state index contributed by atoms with van der Waals surface area (Å²) in [5.41, 5.74) is 8.47. The Morgan fingerprint density at radius 2 is 2.15 bits per heavy atom. The van der Waals surface area contributed by atoms with E-state index in [1.165, 1.54) is 6.33 Å². The average Bonchev–Trinajstić information content (AvgIpc) is 3.15. The van der Waals surface area contributed by atoms with E-state index < -0.39 is 5.92 Å². The number of aromatic nitrogens is 3. The second kappa shape index (κ2) is 6.72. The van der Waals surface area contributed by atoms with E-state index in [-0.39, 0.29) is 17.2 Å². The third-order valence-corrected chi connectivity index (χ3v) is 5.36. The van der Waals surface area contributed by atoms with Crippen LogP contribution in [0.25, 0.3) is 0 Å². The fourth-order valence-corrected chi connectivity index (χ4v) is 4.20. The van der Waals surface area contributed by atoms with Gasteiger partial charge in [0, 0.05) is 27.7 Å². The highest BCUT2D eigenvalue weighted by atomic mass is 35.5. The number of rotatable bonds is 2. The van der Waals surface area contributed by atoms with E-state index in [1.807, 2.05) is 0 Å². The first-order chi connectivity index (χ1) is 13.0. The van der Waals surface area contributed by atoms with Gasteiger partial charge in [-0.15, -0.1) is 0 Å². The van der Waals surface area contributed by atoms with Crippen LogP contribution in [0.1, 0.15) is 30.7 Å². The third-order valence-electron chi connectivity index (χ3n) is 4.80. The number of nitriles is 1. The number of nitrogens with two attached hydrogens (primary N) is 1. The summed E-state index contributed by atoms with van der Waals surface area (Å²) >= 11 is 12.4. The van der Waals surface area contributed by atoms with Crippen LogP contribution in [0.2, 0.25) is 10.0 Å². The van der Waals surface area contributed by atoms with Crippen molar-refractivity contribution in [2.75, 3.05) is 4.90 Å². The number of carbonyl (C=O) groups excluding carboxylic acids is 1. The standard InChI is InChI=1S/C18H14Cl2N6O/c19-9-4-5-10(12(20)6-9)15-11(7-21)17(22)26(18-23-8-24-25-18)13-2-1-3-14(27)16(13)15/h4-6,8,15H,1-3,22H2,(H,23,24,25)/t15-/m1/s1. The lowest BCUT2D eigenvalue weighted by molar-refractivity contribution is -0.116. The first-order valence-corrected chi connectivity index (χ1v) is 9.05. The van der Waals surface area contributed by atoms with Crippen LogP contribution in [0.5, 0.6) is 0 Å². The lowest BCUT2D eigenvalue weighted by atomic mass is 9.75. The molecule has 9 heteroatoms. The Balaban J connectivity index is 1.99. The van der Waals surface area contributed by atoms with E-state index in [1.54, 1.807) is 23.1 Å². The van der Waals surface area contributed by atoms with Gasteiger partial charge in [0.1, 0.15) is 12.1 Å². The molecule has 2 aliphatic rings. The molecule has 2 aromatic rings. The van der Waals surface area contributed by atoms with Crippen molar-refractivity contribution in [3.05, 3.63) is 62.8 Å². The number of nitrogens with one attached hydrogen (secondary N) is 1. The van der Waals surface area contributed by atoms with Crippen molar-refractivity contribution in [2.24, 2.45) is 5.73 Å². The smallest absolute Gasteiger partial charge is 0.231 e. The van der Waals surface area contributed by atoms with E-state index >= 15 is 0 Å². The molecule has 7 nitrogen and oxygen atoms in total. The third kappa shape index (κ3) is 2.78. The molecule has 27 heavy (non-hydrogen) atoms. The molecule has 0 unspecified atom stereocenters. The van der Waals surface area contributed by atoms with Crippen LogP contribution in [0, 0.1) is 11.3 Å². The van der Waals surface area contributed by atoms with Crippen LogP contribution in [0.3, 0.4) is 0 Å². The SMILES string of the molecule is N#CC1=C(N)N(c2ncn[nH]2)C2=C(C(=O)CCC2)[C@@H]1c1ccc(Cl)cc1Cl. The lowest BCUT2D eigenvalue weighted by Crippen LogP contribution is -2.39. The van der Waals surface area contributed by atoms with Crippen LogP contribution in [-0.4, -0.2) is 21.0 Å². The van der Waals surface area contributed by atoms with Crippen molar-refractivity contribution in [3.63, 3.8) is 0 Å². The molecule has 2 heterocycles. The summed E-state index contributed by atoms with van der Waals surface area (Å²) in [5.74, 6) is -0.0967. The minimum Gasteiger partial charge on any atom is -0.384 e. The topological polar surface area (TPSA) is 112 Å². The number of nitrogens with zero attached hydrogens (tertiary/aromatic N) is 4. The van der Waals surface area contributed by atoms with Crippen molar-refractivity contribution in [2.45, 2.75) is 25.2 Å². The van der Waals surface area contributed by atoms with Gasteiger partial charge in [-0.2, -0.15) is 15.3 Å². The van der Waals surface area contributed by atoms with Gasteiger partial charge in [-0.05, 0) is 30.5 Å². The predicted octanol–water partition coefficient (Wildman–Crippen LogP) is 3.42. The molecule has 1 aliphatic heterocycles. The zero-order chi connectivity index (χ0) is 19.1. The Morgan fingerprint density at radius 1 is 1.33 bits per heavy atom. The van der Waals surface area contributed by atoms with Crippen LogP contribution in [0.4, 0.5) is 5.95 Å². The highest BCUT2D eigenvalue weighted by Crippen LogP contribution is 2.47. The molecular formula is C18H14Cl2N6O. The van der Waals surface area contributed by atoms with E-state index in [9.17, 15) is 10.1 Å². The molecule has 1 aromatic heterocycles. The van der Waals surface area contributed by atoms with Gasteiger partial charge in [0.2, 0.25) is 5.95 Å². The normalized spacial score (nSPS) is 20.0. The van der Waals surface area contributed by atoms with Crippen LogP contribution >= 0.6 is 23.2 Å². The summed E-state index contributed by atoms with van der Waals surface area (Å²) in [6, 6.07) is 7.18. The molecule has 4 rings (SSSR count). The van der Waals surface area contributed by atoms with Gasteiger partial charge in [-0.25, -0.2) is 5.10 Å². The van der Waals surface area contributed by atoms with Crippen molar-refractivity contribution in [3.8, 4) is 6.07 Å². The van der Waals surface area contributed by atoms with E-state index in [0.717, 1.165) is 5.70 Å². The minimum absolute atomic E-state index is 0.0305. The van der Waals surface area contributed by atoms with Crippen molar-refractivity contribution in [1.29, 1.82) is 5.26 Å². The maximum atomic E-state index is 12.9. The molecular weight excluding hydrogens is 387 g/mol. The number of benzene rings is 1. The molecule has 0 fully saturated rings. The predicted molar refractivity (Wildman–Crippen MR) is 101 cm³/mol. The van der Waals surface area contributed by atoms with Gasteiger partial charge >= 0.3 is 0 Å². The molecule has 0 saturated carbocycles. The molecule has 0 bridgehead atoms. The molecule has 1 aromatic carbocycles. The number of hydrogen-bond donors (Lipinski definition) is 2. The quantitative estimate of drug-likeness (QED) is 0.798. The molecule has 136 valence electrons. The summed E-state index contributed by atoms with van der Waals surface area (Å²) in [4.78, 5) is 18.7. The maximum absolute atomic E-state index is 12.9. The van der Waals surface area contributed by atoms with Gasteiger partial charge in [-0.1, -0.05) is 29.3 Å². The monoisotopic (exact) mass is 400 g/mol. The number of H-pyrrole nitrogens is 1. The Labute approximate surface area is 165 Å². The van der Waals surface area contributed by atoms with Crippen molar-refractivity contribution < 1.29 is 4.79 Å². The number of Topliss-reactive ketones (excluding diaryl/α,β-unsaturated/α-hetero) is 1. The number of carbonyl (C=O) groups is 1. The average molecular weight is 401 g/mol. The molecule has 3 N–H and O–H groups in total. The van der Waals surface area contributed by atoms with Crippen LogP contribution < -0.4 is 10.6 Å². The molecule has 0 amide bonds. The van der Waals surface area contributed by atoms with Gasteiger partial charge < -0.3 is 5.73 Å². The van der Waals surface area contributed by atoms with Gasteiger partial charge in [0.25, 0.3) is 0 Å². The van der Waals surface area contributed by atoms with E-state index in [2.05, 4.69) is 21.3 Å². The first-order valence-electron chi connectivity index (χ1n) is 8.29. The van der Waals surface area contributed by atoms with Gasteiger partial charge in [0.05, 0.1) is 17.6 Å². The fraction of sp³-hybridized carbons (Fsp3) is 0.222. The molecule has 0 radical (unpaired) electrons. The van der Waals surface area contributed by atoms with E-state index in [0.29, 0.717) is 46.4 Å². The van der Waals surface area contributed by atoms with Crippen LogP contribution in [0.15, 0.2) is 47.2 Å². The number of hydrogen-bond acceptors (Lipinski definition) is 6. The lowest BCUT2D eigenvalue weighted by Gasteiger charge is -2.38. The second-order valence-corrected chi connectivity index (χ2v) is 7.13. The molecule has 0 saturated heterocycles. The van der Waals surface area contributed by atoms with Gasteiger partial charge in [0.15, 0.2) is 5.78 Å². The number of ketones is 1. The number of halogens is 2. The highest BCUT2D eigenvalue weighted by molar-refractivity contribution is 6.35. The Bertz CT molecular complexity index is 1030. The van der Waals surface area contributed by atoms with Gasteiger partial charge in [-0.3, -0.25) is 9.69 Å². The molecule has 0 spiro atoms. The molecule has 1 atom stereocenters. The zero-order valence-corrected chi connectivity index (χ0v) is 15.6. The number of aromatic amines is 1. The van der Waals surface area contributed by atoms with Crippen molar-refractivity contribution >= 4 is 34.9 Å². The summed E-state index contributed by atoms with van der Waals surface area (Å²) in [6.45, 7) is 0. The van der Waals surface area contributed by atoms with Crippen LogP contribution in [-0.2, 0) is 4.79 Å². The summed E-state index contributed by atoms with van der Waals surface area (Å²) in [6.07, 6.45) is 3.08.